The van der Waals surface area contributed by atoms with E-state index in [-0.39, 0.29) is 16.8 Å². The number of hydrogen-bond donors (Lipinski definition) is 1. The van der Waals surface area contributed by atoms with Crippen molar-refractivity contribution in [3.05, 3.63) is 70.1 Å². The third-order valence-corrected chi connectivity index (χ3v) is 4.87. The molecule has 1 saturated heterocycles. The highest BCUT2D eigenvalue weighted by atomic mass is 32.2. The Morgan fingerprint density at radius 2 is 1.81 bits per heavy atom. The van der Waals surface area contributed by atoms with E-state index in [0.29, 0.717) is 10.8 Å². The Balaban J connectivity index is 1.80. The van der Waals surface area contributed by atoms with Gasteiger partial charge in [0.05, 0.1) is 16.2 Å². The van der Waals surface area contributed by atoms with Gasteiger partial charge in [0.2, 0.25) is 0 Å². The van der Waals surface area contributed by atoms with Crippen molar-refractivity contribution in [2.75, 3.05) is 0 Å². The highest BCUT2D eigenvalue weighted by Gasteiger charge is 2.30. The van der Waals surface area contributed by atoms with E-state index in [1.807, 2.05) is 24.3 Å². The van der Waals surface area contributed by atoms with Crippen molar-refractivity contribution in [3.8, 4) is 0 Å². The largest absolute Gasteiger partial charge is 0.416 e. The Labute approximate surface area is 159 Å². The Kier molecular flexibility index (Phi) is 5.41. The molecule has 1 fully saturated rings. The van der Waals surface area contributed by atoms with Crippen LogP contribution >= 0.6 is 11.8 Å². The topological polar surface area (TPSA) is 41.5 Å². The molecule has 0 unspecified atom stereocenters. The number of hydrogen-bond acceptors (Lipinski definition) is 3. The minimum atomic E-state index is -4.44. The van der Waals surface area contributed by atoms with Gasteiger partial charge in [0, 0.05) is 0 Å². The molecule has 0 atom stereocenters. The van der Waals surface area contributed by atoms with E-state index in [4.69, 9.17) is 0 Å². The van der Waals surface area contributed by atoms with Gasteiger partial charge < -0.3 is 5.32 Å². The van der Waals surface area contributed by atoms with Crippen molar-refractivity contribution in [1.29, 1.82) is 0 Å². The second-order valence-corrected chi connectivity index (χ2v) is 7.38. The Morgan fingerprint density at radius 3 is 2.44 bits per heavy atom. The lowest BCUT2D eigenvalue weighted by Crippen LogP contribution is -2.19. The van der Waals surface area contributed by atoms with Gasteiger partial charge in [-0.3, -0.25) is 4.79 Å². The van der Waals surface area contributed by atoms with E-state index < -0.39 is 11.7 Å². The number of nitrogens with one attached hydrogen (secondary N) is 1. The van der Waals surface area contributed by atoms with Crippen molar-refractivity contribution in [3.63, 3.8) is 0 Å². The Bertz CT molecular complexity index is 916. The summed E-state index contributed by atoms with van der Waals surface area (Å²) < 4.78 is 38.4. The van der Waals surface area contributed by atoms with Crippen LogP contribution in [0.5, 0.6) is 0 Å². The summed E-state index contributed by atoms with van der Waals surface area (Å²) in [6.07, 6.45) is -2.70. The number of amides is 1. The van der Waals surface area contributed by atoms with Gasteiger partial charge in [-0.05, 0) is 53.1 Å². The lowest BCUT2D eigenvalue weighted by atomic mass is 10.0. The lowest BCUT2D eigenvalue weighted by molar-refractivity contribution is -0.137. The monoisotopic (exact) mass is 390 g/mol. The molecule has 0 saturated carbocycles. The van der Waals surface area contributed by atoms with Crippen LogP contribution in [0.4, 0.5) is 18.9 Å². The number of benzene rings is 2. The zero-order valence-electron chi connectivity index (χ0n) is 14.7. The predicted octanol–water partition coefficient (Wildman–Crippen LogP) is 5.72. The number of rotatable bonds is 3. The van der Waals surface area contributed by atoms with Gasteiger partial charge in [-0.2, -0.15) is 13.2 Å². The van der Waals surface area contributed by atoms with Crippen LogP contribution in [0.1, 0.15) is 36.5 Å². The third-order valence-electron chi connectivity index (χ3n) is 3.96. The first-order valence-electron chi connectivity index (χ1n) is 8.29. The highest BCUT2D eigenvalue weighted by Crippen LogP contribution is 2.33. The van der Waals surface area contributed by atoms with Crippen LogP contribution in [0.3, 0.4) is 0 Å². The number of nitrogens with zero attached hydrogens (tertiary/aromatic N) is 1. The fourth-order valence-electron chi connectivity index (χ4n) is 2.48. The second-order valence-electron chi connectivity index (χ2n) is 6.35. The van der Waals surface area contributed by atoms with E-state index in [9.17, 15) is 18.0 Å². The summed E-state index contributed by atoms with van der Waals surface area (Å²) in [5.74, 6) is 0.0979. The maximum atomic E-state index is 12.8. The average Bonchev–Trinajstić information content (AvgIpc) is 2.94. The van der Waals surface area contributed by atoms with Crippen molar-refractivity contribution in [2.45, 2.75) is 25.9 Å². The molecule has 0 bridgehead atoms. The zero-order valence-corrected chi connectivity index (χ0v) is 15.5. The molecule has 1 aliphatic rings. The molecule has 140 valence electrons. The van der Waals surface area contributed by atoms with E-state index in [0.717, 1.165) is 29.5 Å². The molecule has 1 amide bonds. The number of carbonyl (C=O) groups is 1. The molecule has 1 N–H and O–H groups in total. The Morgan fingerprint density at radius 1 is 1.11 bits per heavy atom. The molecule has 7 heteroatoms. The van der Waals surface area contributed by atoms with Crippen LogP contribution in [0.2, 0.25) is 0 Å². The molecule has 2 aromatic rings. The first-order chi connectivity index (χ1) is 12.7. The number of carbonyl (C=O) groups excluding carboxylic acids is 1. The smallest absolute Gasteiger partial charge is 0.300 e. The summed E-state index contributed by atoms with van der Waals surface area (Å²) in [4.78, 5) is 16.7. The minimum Gasteiger partial charge on any atom is -0.300 e. The van der Waals surface area contributed by atoms with Gasteiger partial charge >= 0.3 is 6.18 Å². The summed E-state index contributed by atoms with van der Waals surface area (Å²) in [5.41, 5.74) is 1.43. The highest BCUT2D eigenvalue weighted by molar-refractivity contribution is 8.18. The fraction of sp³-hybridized carbons (Fsp3) is 0.200. The van der Waals surface area contributed by atoms with Crippen molar-refractivity contribution < 1.29 is 18.0 Å². The molecule has 3 nitrogen and oxygen atoms in total. The lowest BCUT2D eigenvalue weighted by Gasteiger charge is -2.06. The number of alkyl halides is 3. The molecule has 0 aromatic heterocycles. The van der Waals surface area contributed by atoms with Crippen LogP contribution in [-0.4, -0.2) is 11.1 Å². The fourth-order valence-corrected chi connectivity index (χ4v) is 3.32. The van der Waals surface area contributed by atoms with Gasteiger partial charge in [0.25, 0.3) is 5.91 Å². The summed E-state index contributed by atoms with van der Waals surface area (Å²) in [7, 11) is 0. The first kappa shape index (κ1) is 19.2. The quantitative estimate of drug-likeness (QED) is 0.681. The number of amidine groups is 1. The molecule has 27 heavy (non-hydrogen) atoms. The van der Waals surface area contributed by atoms with Crippen molar-refractivity contribution in [1.82, 2.24) is 5.32 Å². The molecule has 0 aliphatic carbocycles. The zero-order chi connectivity index (χ0) is 19.6. The molecule has 1 aliphatic heterocycles. The summed E-state index contributed by atoms with van der Waals surface area (Å²) in [6, 6.07) is 12.6. The van der Waals surface area contributed by atoms with Gasteiger partial charge in [-0.1, -0.05) is 44.2 Å². The minimum absolute atomic E-state index is 0.134. The van der Waals surface area contributed by atoms with Crippen molar-refractivity contribution in [2.24, 2.45) is 4.99 Å². The van der Waals surface area contributed by atoms with Crippen LogP contribution in [-0.2, 0) is 11.0 Å². The van der Waals surface area contributed by atoms with Gasteiger partial charge in [-0.15, -0.1) is 0 Å². The number of aliphatic imine (C=N–C) groups is 1. The third kappa shape index (κ3) is 4.80. The van der Waals surface area contributed by atoms with Crippen LogP contribution < -0.4 is 5.32 Å². The first-order valence-corrected chi connectivity index (χ1v) is 9.11. The molecule has 3 rings (SSSR count). The standard InChI is InChI=1S/C20H17F3N2OS/c1-12(2)14-8-6-13(7-9-14)10-17-18(26)25-19(27-17)24-16-5-3-4-15(11-16)20(21,22)23/h3-12H,1-2H3,(H,24,25,26)/b17-10+. The predicted molar refractivity (Wildman–Crippen MR) is 103 cm³/mol. The van der Waals surface area contributed by atoms with Crippen molar-refractivity contribution >= 4 is 34.6 Å². The molecule has 0 radical (unpaired) electrons. The number of halogens is 3. The maximum Gasteiger partial charge on any atom is 0.416 e. The van der Waals surface area contributed by atoms with E-state index >= 15 is 0 Å². The van der Waals surface area contributed by atoms with Gasteiger partial charge in [0.1, 0.15) is 0 Å². The normalized spacial score (nSPS) is 17.8. The second kappa shape index (κ2) is 7.60. The van der Waals surface area contributed by atoms with E-state index in [1.54, 1.807) is 6.08 Å². The van der Waals surface area contributed by atoms with E-state index in [2.05, 4.69) is 24.2 Å². The van der Waals surface area contributed by atoms with Crippen LogP contribution in [0, 0.1) is 0 Å². The molecular weight excluding hydrogens is 373 g/mol. The average molecular weight is 390 g/mol. The van der Waals surface area contributed by atoms with Crippen LogP contribution in [0.15, 0.2) is 58.4 Å². The number of thioether (sulfide) groups is 1. The summed E-state index contributed by atoms with van der Waals surface area (Å²) in [6.45, 7) is 4.20. The Hall–Kier alpha value is -2.54. The van der Waals surface area contributed by atoms with Gasteiger partial charge in [-0.25, -0.2) is 4.99 Å². The SMILES string of the molecule is CC(C)c1ccc(/C=C2/SC(=Nc3cccc(C(F)(F)F)c3)NC2=O)cc1. The molecule has 2 aromatic carbocycles. The molecule has 0 spiro atoms. The van der Waals surface area contributed by atoms with Crippen LogP contribution in [0.25, 0.3) is 6.08 Å². The van der Waals surface area contributed by atoms with E-state index in [1.165, 1.54) is 17.7 Å². The molecule has 1 heterocycles. The maximum absolute atomic E-state index is 12.8. The van der Waals surface area contributed by atoms with Gasteiger partial charge in [0.15, 0.2) is 5.17 Å². The summed E-state index contributed by atoms with van der Waals surface area (Å²) in [5, 5.41) is 2.84. The summed E-state index contributed by atoms with van der Waals surface area (Å²) >= 11 is 1.10. The molecular formula is C20H17F3N2OS.